The molecule has 1 amide bonds. The van der Waals surface area contributed by atoms with E-state index in [0.717, 1.165) is 12.8 Å². The summed E-state index contributed by atoms with van der Waals surface area (Å²) in [5.74, 6) is -1.42. The van der Waals surface area contributed by atoms with Gasteiger partial charge in [-0.15, -0.1) is 0 Å². The highest BCUT2D eigenvalue weighted by Crippen LogP contribution is 2.71. The summed E-state index contributed by atoms with van der Waals surface area (Å²) in [4.78, 5) is 40.9. The second-order valence-corrected chi connectivity index (χ2v) is 8.83. The Morgan fingerprint density at radius 1 is 1.07 bits per heavy atom. The van der Waals surface area contributed by atoms with Crippen molar-refractivity contribution in [2.24, 2.45) is 16.7 Å². The average Bonchev–Trinajstić information content (AvgIpc) is 2.89. The van der Waals surface area contributed by atoms with Crippen molar-refractivity contribution in [3.05, 3.63) is 12.2 Å². The van der Waals surface area contributed by atoms with Crippen molar-refractivity contribution in [3.63, 3.8) is 0 Å². The van der Waals surface area contributed by atoms with Crippen molar-refractivity contribution in [2.45, 2.75) is 65.5 Å². The van der Waals surface area contributed by atoms with Gasteiger partial charge in [0, 0.05) is 12.0 Å². The molecule has 156 valence electrons. The zero-order valence-electron chi connectivity index (χ0n) is 17.4. The SMILES string of the molecule is CCOC(=O)C1(C(=O)OCC)[C@@H]2CC=CC[C@@]23CCN(C(=O)OC(C)(C)C)[C@@H]13. The molecule has 7 heteroatoms. The highest BCUT2D eigenvalue weighted by Gasteiger charge is 2.82. The maximum Gasteiger partial charge on any atom is 0.410 e. The van der Waals surface area contributed by atoms with E-state index in [2.05, 4.69) is 6.08 Å². The molecule has 0 N–H and O–H groups in total. The Hall–Kier alpha value is -2.05. The lowest BCUT2D eigenvalue weighted by Gasteiger charge is -2.64. The van der Waals surface area contributed by atoms with Gasteiger partial charge in [0.25, 0.3) is 0 Å². The highest BCUT2D eigenvalue weighted by molar-refractivity contribution is 6.04. The maximum atomic E-state index is 13.2. The first-order chi connectivity index (χ1) is 13.1. The summed E-state index contributed by atoms with van der Waals surface area (Å²) in [5.41, 5.74) is -2.48. The van der Waals surface area contributed by atoms with Gasteiger partial charge in [-0.25, -0.2) is 4.79 Å². The van der Waals surface area contributed by atoms with Crippen molar-refractivity contribution < 1.29 is 28.6 Å². The first kappa shape index (κ1) is 20.7. The molecule has 1 saturated carbocycles. The summed E-state index contributed by atoms with van der Waals surface area (Å²) >= 11 is 0. The number of carbonyl (C=O) groups excluding carboxylic acids is 3. The Morgan fingerprint density at radius 3 is 2.21 bits per heavy atom. The second kappa shape index (κ2) is 7.08. The largest absolute Gasteiger partial charge is 0.465 e. The number of allylic oxidation sites excluding steroid dienone is 2. The van der Waals surface area contributed by atoms with Crippen LogP contribution >= 0.6 is 0 Å². The van der Waals surface area contributed by atoms with Crippen LogP contribution in [0, 0.1) is 16.7 Å². The molecule has 0 aromatic heterocycles. The summed E-state index contributed by atoms with van der Waals surface area (Å²) in [6.07, 6.45) is 5.64. The Balaban J connectivity index is 2.06. The fourth-order valence-corrected chi connectivity index (χ4v) is 5.44. The number of likely N-dealkylation sites (tertiary alicyclic amines) is 1. The van der Waals surface area contributed by atoms with E-state index in [1.807, 2.05) is 6.08 Å². The fraction of sp³-hybridized carbons (Fsp3) is 0.762. The molecule has 0 bridgehead atoms. The van der Waals surface area contributed by atoms with E-state index in [0.29, 0.717) is 13.0 Å². The summed E-state index contributed by atoms with van der Waals surface area (Å²) in [5, 5.41) is 0. The van der Waals surface area contributed by atoms with Crippen LogP contribution in [0.2, 0.25) is 0 Å². The lowest BCUT2D eigenvalue weighted by atomic mass is 9.39. The van der Waals surface area contributed by atoms with E-state index < -0.39 is 35.1 Å². The third-order valence-corrected chi connectivity index (χ3v) is 6.24. The number of ether oxygens (including phenoxy) is 3. The lowest BCUT2D eigenvalue weighted by Crippen LogP contribution is -2.77. The van der Waals surface area contributed by atoms with Crippen LogP contribution in [0.1, 0.15) is 53.9 Å². The van der Waals surface area contributed by atoms with E-state index in [1.165, 1.54) is 0 Å². The number of nitrogens with zero attached hydrogens (tertiary/aromatic N) is 1. The van der Waals surface area contributed by atoms with Gasteiger partial charge < -0.3 is 19.1 Å². The number of esters is 2. The molecule has 0 unspecified atom stereocenters. The standard InChI is InChI=1S/C21H31NO6/c1-6-26-16(23)21(17(24)27-7-2)14-10-8-9-11-20(14)12-13-22(15(20)21)18(25)28-19(3,4)5/h8-9,14-15H,6-7,10-13H2,1-5H3/t14-,15-,20-/m1/s1. The third kappa shape index (κ3) is 2.81. The van der Waals surface area contributed by atoms with E-state index >= 15 is 0 Å². The summed E-state index contributed by atoms with van der Waals surface area (Å²) < 4.78 is 16.3. The van der Waals surface area contributed by atoms with Crippen molar-refractivity contribution in [1.82, 2.24) is 4.90 Å². The minimum atomic E-state index is -1.50. The molecule has 1 spiro atoms. The molecule has 1 heterocycles. The highest BCUT2D eigenvalue weighted by atomic mass is 16.6. The molecular weight excluding hydrogens is 362 g/mol. The predicted octanol–water partition coefficient (Wildman–Crippen LogP) is 3.07. The van der Waals surface area contributed by atoms with Crippen molar-refractivity contribution >= 4 is 18.0 Å². The lowest BCUT2D eigenvalue weighted by molar-refractivity contribution is -0.223. The van der Waals surface area contributed by atoms with Crippen LogP contribution in [0.15, 0.2) is 12.2 Å². The van der Waals surface area contributed by atoms with Crippen LogP contribution < -0.4 is 0 Å². The second-order valence-electron chi connectivity index (χ2n) is 8.83. The minimum absolute atomic E-state index is 0.161. The van der Waals surface area contributed by atoms with Crippen LogP contribution in [0.5, 0.6) is 0 Å². The number of carbonyl (C=O) groups is 3. The Labute approximate surface area is 166 Å². The van der Waals surface area contributed by atoms with Crippen LogP contribution in [0.3, 0.4) is 0 Å². The summed E-state index contributed by atoms with van der Waals surface area (Å²) in [6, 6.07) is -0.608. The Kier molecular flexibility index (Phi) is 5.23. The molecule has 1 saturated heterocycles. The number of hydrogen-bond acceptors (Lipinski definition) is 6. The van der Waals surface area contributed by atoms with Gasteiger partial charge in [0.05, 0.1) is 19.3 Å². The molecule has 7 nitrogen and oxygen atoms in total. The topological polar surface area (TPSA) is 82.1 Å². The minimum Gasteiger partial charge on any atom is -0.465 e. The Morgan fingerprint density at radius 2 is 1.68 bits per heavy atom. The van der Waals surface area contributed by atoms with Gasteiger partial charge in [-0.2, -0.15) is 0 Å². The van der Waals surface area contributed by atoms with Crippen LogP contribution in [-0.4, -0.2) is 54.3 Å². The first-order valence-electron chi connectivity index (χ1n) is 10.1. The molecule has 2 aliphatic carbocycles. The monoisotopic (exact) mass is 393 g/mol. The van der Waals surface area contributed by atoms with Gasteiger partial charge in [0.15, 0.2) is 5.41 Å². The van der Waals surface area contributed by atoms with Gasteiger partial charge in [0.2, 0.25) is 0 Å². The normalized spacial score (nSPS) is 30.0. The van der Waals surface area contributed by atoms with Crippen LogP contribution in [0.4, 0.5) is 4.79 Å². The van der Waals surface area contributed by atoms with E-state index in [1.54, 1.807) is 39.5 Å². The predicted molar refractivity (Wildman–Crippen MR) is 101 cm³/mol. The molecule has 3 rings (SSSR count). The van der Waals surface area contributed by atoms with Gasteiger partial charge in [-0.1, -0.05) is 12.2 Å². The first-order valence-corrected chi connectivity index (χ1v) is 10.1. The summed E-state index contributed by atoms with van der Waals surface area (Å²) in [7, 11) is 0. The van der Waals surface area contributed by atoms with E-state index in [-0.39, 0.29) is 24.5 Å². The van der Waals surface area contributed by atoms with E-state index in [9.17, 15) is 14.4 Å². The quantitative estimate of drug-likeness (QED) is 0.316. The van der Waals surface area contributed by atoms with E-state index in [4.69, 9.17) is 14.2 Å². The van der Waals surface area contributed by atoms with Crippen LogP contribution in [-0.2, 0) is 23.8 Å². The number of amides is 1. The number of hydrogen-bond donors (Lipinski definition) is 0. The number of rotatable bonds is 4. The fourth-order valence-electron chi connectivity index (χ4n) is 5.44. The zero-order valence-corrected chi connectivity index (χ0v) is 17.4. The van der Waals surface area contributed by atoms with Gasteiger partial charge in [0.1, 0.15) is 5.60 Å². The zero-order chi connectivity index (χ0) is 20.7. The molecule has 1 aliphatic heterocycles. The molecule has 0 aromatic rings. The molecule has 0 aromatic carbocycles. The maximum absolute atomic E-state index is 13.2. The Bertz CT molecular complexity index is 675. The van der Waals surface area contributed by atoms with Gasteiger partial charge >= 0.3 is 18.0 Å². The molecule has 3 aliphatic rings. The molecular formula is C21H31NO6. The van der Waals surface area contributed by atoms with Crippen molar-refractivity contribution in [1.29, 1.82) is 0 Å². The molecule has 0 radical (unpaired) electrons. The van der Waals surface area contributed by atoms with Crippen molar-refractivity contribution in [2.75, 3.05) is 19.8 Å². The molecule has 2 fully saturated rings. The average molecular weight is 393 g/mol. The smallest absolute Gasteiger partial charge is 0.410 e. The third-order valence-electron chi connectivity index (χ3n) is 6.24. The summed E-state index contributed by atoms with van der Waals surface area (Å²) in [6.45, 7) is 9.59. The molecule has 28 heavy (non-hydrogen) atoms. The molecule has 3 atom stereocenters. The van der Waals surface area contributed by atoms with Gasteiger partial charge in [-0.3, -0.25) is 9.59 Å². The van der Waals surface area contributed by atoms with Gasteiger partial charge in [-0.05, 0) is 59.8 Å². The van der Waals surface area contributed by atoms with Crippen molar-refractivity contribution in [3.8, 4) is 0 Å². The van der Waals surface area contributed by atoms with Crippen LogP contribution in [0.25, 0.3) is 0 Å².